The van der Waals surface area contributed by atoms with Gasteiger partial charge in [0.25, 0.3) is 0 Å². The summed E-state index contributed by atoms with van der Waals surface area (Å²) in [6, 6.07) is 4.20. The van der Waals surface area contributed by atoms with Crippen molar-refractivity contribution in [2.24, 2.45) is 5.92 Å². The maximum atomic E-state index is 4.57. The molecule has 1 fully saturated rings. The molecule has 0 aromatic carbocycles. The van der Waals surface area contributed by atoms with Crippen LogP contribution >= 0.6 is 0 Å². The predicted octanol–water partition coefficient (Wildman–Crippen LogP) is 2.43. The third kappa shape index (κ3) is 3.19. The molecule has 2 heterocycles. The molecule has 1 aromatic rings. The van der Waals surface area contributed by atoms with Gasteiger partial charge in [0.05, 0.1) is 0 Å². The summed E-state index contributed by atoms with van der Waals surface area (Å²) in [6.45, 7) is 5.55. The van der Waals surface area contributed by atoms with Crippen LogP contribution in [-0.2, 0) is 6.54 Å². The van der Waals surface area contributed by atoms with Gasteiger partial charge >= 0.3 is 0 Å². The fourth-order valence-electron chi connectivity index (χ4n) is 2.52. The Hall–Kier alpha value is -1.09. The minimum atomic E-state index is 0.858. The third-order valence-electron chi connectivity index (χ3n) is 3.55. The van der Waals surface area contributed by atoms with E-state index >= 15 is 0 Å². The number of rotatable bonds is 3. The molecule has 3 heteroatoms. The Kier molecular flexibility index (Phi) is 4.37. The molecule has 0 radical (unpaired) electrons. The lowest BCUT2D eigenvalue weighted by Gasteiger charge is -2.24. The van der Waals surface area contributed by atoms with Crippen LogP contribution in [0.4, 0.5) is 5.82 Å². The largest absolute Gasteiger partial charge is 0.356 e. The number of pyridine rings is 1. The lowest BCUT2D eigenvalue weighted by molar-refractivity contribution is 0.521. The van der Waals surface area contributed by atoms with E-state index in [0.29, 0.717) is 0 Å². The highest BCUT2D eigenvalue weighted by Crippen LogP contribution is 2.23. The summed E-state index contributed by atoms with van der Waals surface area (Å²) in [5.74, 6) is 2.03. The van der Waals surface area contributed by atoms with Crippen LogP contribution in [0.25, 0.3) is 0 Å². The molecule has 1 unspecified atom stereocenters. The number of nitrogens with zero attached hydrogens (tertiary/aromatic N) is 2. The number of anilines is 1. The van der Waals surface area contributed by atoms with Crippen LogP contribution in [0.5, 0.6) is 0 Å². The van der Waals surface area contributed by atoms with Crippen molar-refractivity contribution in [2.45, 2.75) is 32.7 Å². The van der Waals surface area contributed by atoms with Crippen LogP contribution in [0.3, 0.4) is 0 Å². The smallest absolute Gasteiger partial charge is 0.133 e. The van der Waals surface area contributed by atoms with E-state index in [-0.39, 0.29) is 0 Å². The summed E-state index contributed by atoms with van der Waals surface area (Å²) >= 11 is 0. The lowest BCUT2D eigenvalue weighted by atomic mass is 10.0. The molecule has 2 rings (SSSR count). The van der Waals surface area contributed by atoms with E-state index in [1.165, 1.54) is 30.6 Å². The lowest BCUT2D eigenvalue weighted by Crippen LogP contribution is -2.27. The van der Waals surface area contributed by atoms with Gasteiger partial charge in [0.15, 0.2) is 0 Å². The van der Waals surface area contributed by atoms with Crippen LogP contribution in [0, 0.1) is 5.92 Å². The Labute approximate surface area is 104 Å². The molecule has 3 nitrogen and oxygen atoms in total. The summed E-state index contributed by atoms with van der Waals surface area (Å²) < 4.78 is 0. The second-order valence-electron chi connectivity index (χ2n) is 5.04. The quantitative estimate of drug-likeness (QED) is 0.869. The summed E-state index contributed by atoms with van der Waals surface area (Å²) in [5, 5.41) is 3.22. The van der Waals surface area contributed by atoms with Crippen molar-refractivity contribution in [1.29, 1.82) is 0 Å². The molecule has 1 aromatic heterocycles. The Balaban J connectivity index is 2.14. The average molecular weight is 233 g/mol. The van der Waals surface area contributed by atoms with Crippen molar-refractivity contribution >= 4 is 5.82 Å². The van der Waals surface area contributed by atoms with E-state index in [2.05, 4.69) is 28.2 Å². The van der Waals surface area contributed by atoms with Gasteiger partial charge in [-0.3, -0.25) is 0 Å². The van der Waals surface area contributed by atoms with Gasteiger partial charge in [0.2, 0.25) is 0 Å². The van der Waals surface area contributed by atoms with E-state index in [4.69, 9.17) is 0 Å². The molecule has 0 aliphatic carbocycles. The first-order valence-electron chi connectivity index (χ1n) is 6.64. The standard InChI is InChI=1S/C14H23N3/c1-12-5-4-9-17(10-7-12)14-13(11-15-2)6-3-8-16-14/h3,6,8,12,15H,4-5,7,9-11H2,1-2H3. The van der Waals surface area contributed by atoms with E-state index in [1.807, 2.05) is 19.3 Å². The topological polar surface area (TPSA) is 28.2 Å². The van der Waals surface area contributed by atoms with Crippen LogP contribution in [0.15, 0.2) is 18.3 Å². The number of hydrogen-bond acceptors (Lipinski definition) is 3. The Bertz CT molecular complexity index is 351. The second-order valence-corrected chi connectivity index (χ2v) is 5.04. The number of aromatic nitrogens is 1. The molecule has 0 spiro atoms. The first-order valence-corrected chi connectivity index (χ1v) is 6.64. The normalized spacial score (nSPS) is 21.3. The van der Waals surface area contributed by atoms with Gasteiger partial charge in [-0.1, -0.05) is 13.0 Å². The van der Waals surface area contributed by atoms with Crippen molar-refractivity contribution in [1.82, 2.24) is 10.3 Å². The molecule has 0 bridgehead atoms. The summed E-state index contributed by atoms with van der Waals surface area (Å²) in [5.41, 5.74) is 1.31. The van der Waals surface area contributed by atoms with Gasteiger partial charge < -0.3 is 10.2 Å². The van der Waals surface area contributed by atoms with Crippen molar-refractivity contribution in [2.75, 3.05) is 25.0 Å². The summed E-state index contributed by atoms with van der Waals surface area (Å²) in [7, 11) is 1.99. The minimum absolute atomic E-state index is 0.858. The molecule has 1 atom stereocenters. The van der Waals surface area contributed by atoms with Crippen LogP contribution in [-0.4, -0.2) is 25.1 Å². The van der Waals surface area contributed by atoms with Crippen molar-refractivity contribution in [3.63, 3.8) is 0 Å². The van der Waals surface area contributed by atoms with Crippen LogP contribution in [0.1, 0.15) is 31.7 Å². The predicted molar refractivity (Wildman–Crippen MR) is 72.2 cm³/mol. The zero-order valence-corrected chi connectivity index (χ0v) is 10.9. The molecule has 1 N–H and O–H groups in total. The molecular weight excluding hydrogens is 210 g/mol. The van der Waals surface area contributed by atoms with E-state index < -0.39 is 0 Å². The van der Waals surface area contributed by atoms with Gasteiger partial charge in [-0.2, -0.15) is 0 Å². The minimum Gasteiger partial charge on any atom is -0.356 e. The van der Waals surface area contributed by atoms with Crippen LogP contribution < -0.4 is 10.2 Å². The maximum Gasteiger partial charge on any atom is 0.133 e. The Morgan fingerprint density at radius 2 is 2.29 bits per heavy atom. The second kappa shape index (κ2) is 6.01. The fourth-order valence-corrected chi connectivity index (χ4v) is 2.52. The average Bonchev–Trinajstić information content (AvgIpc) is 2.55. The van der Waals surface area contributed by atoms with E-state index in [0.717, 1.165) is 25.6 Å². The zero-order chi connectivity index (χ0) is 12.1. The Morgan fingerprint density at radius 3 is 3.12 bits per heavy atom. The van der Waals surface area contributed by atoms with Crippen molar-refractivity contribution in [3.8, 4) is 0 Å². The van der Waals surface area contributed by atoms with Gasteiger partial charge in [-0.15, -0.1) is 0 Å². The number of nitrogens with one attached hydrogen (secondary N) is 1. The highest BCUT2D eigenvalue weighted by atomic mass is 15.2. The highest BCUT2D eigenvalue weighted by Gasteiger charge is 2.16. The SMILES string of the molecule is CNCc1cccnc1N1CCCC(C)CC1. The van der Waals surface area contributed by atoms with Crippen LogP contribution in [0.2, 0.25) is 0 Å². The third-order valence-corrected chi connectivity index (χ3v) is 3.55. The molecule has 1 aliphatic heterocycles. The highest BCUT2D eigenvalue weighted by molar-refractivity contribution is 5.46. The molecule has 1 saturated heterocycles. The zero-order valence-electron chi connectivity index (χ0n) is 10.9. The van der Waals surface area contributed by atoms with Crippen molar-refractivity contribution in [3.05, 3.63) is 23.9 Å². The number of hydrogen-bond donors (Lipinski definition) is 1. The maximum absolute atomic E-state index is 4.57. The molecule has 1 aliphatic rings. The summed E-state index contributed by atoms with van der Waals surface area (Å²) in [6.07, 6.45) is 5.83. The van der Waals surface area contributed by atoms with E-state index in [1.54, 1.807) is 0 Å². The molecule has 94 valence electrons. The molecular formula is C14H23N3. The molecule has 17 heavy (non-hydrogen) atoms. The summed E-state index contributed by atoms with van der Waals surface area (Å²) in [4.78, 5) is 7.03. The van der Waals surface area contributed by atoms with Gasteiger partial charge in [-0.25, -0.2) is 4.98 Å². The Morgan fingerprint density at radius 1 is 1.41 bits per heavy atom. The first-order chi connectivity index (χ1) is 8.31. The van der Waals surface area contributed by atoms with Crippen molar-refractivity contribution < 1.29 is 0 Å². The van der Waals surface area contributed by atoms with Gasteiger partial charge in [-0.05, 0) is 38.3 Å². The van der Waals surface area contributed by atoms with E-state index in [9.17, 15) is 0 Å². The molecule has 0 amide bonds. The first kappa shape index (κ1) is 12.4. The van der Waals surface area contributed by atoms with Gasteiger partial charge in [0.1, 0.15) is 5.82 Å². The monoisotopic (exact) mass is 233 g/mol. The van der Waals surface area contributed by atoms with Gasteiger partial charge in [0, 0.05) is 31.4 Å². The fraction of sp³-hybridized carbons (Fsp3) is 0.643. The molecule has 0 saturated carbocycles.